The summed E-state index contributed by atoms with van der Waals surface area (Å²) < 4.78 is 0. The first-order valence-corrected chi connectivity index (χ1v) is 9.42. The lowest BCUT2D eigenvalue weighted by Crippen LogP contribution is -2.41. The molecule has 0 aromatic carbocycles. The number of carbonyl (C=O) groups excluding carboxylic acids is 1. The molecule has 0 radical (unpaired) electrons. The number of likely N-dealkylation sites (tertiary alicyclic amines) is 1. The molecule has 1 aliphatic rings. The third-order valence-corrected chi connectivity index (χ3v) is 4.84. The highest BCUT2D eigenvalue weighted by Crippen LogP contribution is 2.30. The van der Waals surface area contributed by atoms with Crippen molar-refractivity contribution in [2.45, 2.75) is 39.2 Å². The Balaban J connectivity index is 1.72. The number of nitrogens with zero attached hydrogens (tertiary/aromatic N) is 5. The maximum Gasteiger partial charge on any atom is 0.236 e. The van der Waals surface area contributed by atoms with Crippen molar-refractivity contribution in [3.05, 3.63) is 41.3 Å². The predicted octanol–water partition coefficient (Wildman–Crippen LogP) is 2.85. The molecule has 2 aromatic heterocycles. The minimum atomic E-state index is 0.139. The van der Waals surface area contributed by atoms with Crippen LogP contribution >= 0.6 is 0 Å². The zero-order chi connectivity index (χ0) is 19.4. The van der Waals surface area contributed by atoms with Gasteiger partial charge in [-0.3, -0.25) is 9.69 Å². The van der Waals surface area contributed by atoms with Crippen molar-refractivity contribution >= 4 is 17.7 Å². The van der Waals surface area contributed by atoms with Crippen LogP contribution in [0.25, 0.3) is 0 Å². The van der Waals surface area contributed by atoms with Gasteiger partial charge in [0.2, 0.25) is 11.9 Å². The second-order valence-electron chi connectivity index (χ2n) is 7.35. The summed E-state index contributed by atoms with van der Waals surface area (Å²) in [6.07, 6.45) is 5.26. The van der Waals surface area contributed by atoms with Gasteiger partial charge in [-0.2, -0.15) is 0 Å². The quantitative estimate of drug-likeness (QED) is 0.875. The van der Waals surface area contributed by atoms with Crippen LogP contribution in [0.4, 0.5) is 11.8 Å². The lowest BCUT2D eigenvalue weighted by Gasteiger charge is -2.35. The topological polar surface area (TPSA) is 74.2 Å². The van der Waals surface area contributed by atoms with Crippen molar-refractivity contribution in [1.29, 1.82) is 0 Å². The first-order chi connectivity index (χ1) is 12.9. The van der Waals surface area contributed by atoms with Gasteiger partial charge in [-0.1, -0.05) is 12.5 Å². The molecular formula is C20H28N6O. The summed E-state index contributed by atoms with van der Waals surface area (Å²) in [4.78, 5) is 29.4. The number of carbonyl (C=O) groups is 1. The minimum absolute atomic E-state index is 0.139. The van der Waals surface area contributed by atoms with E-state index in [2.05, 4.69) is 31.2 Å². The lowest BCUT2D eigenvalue weighted by atomic mass is 9.96. The van der Waals surface area contributed by atoms with E-state index in [-0.39, 0.29) is 11.9 Å². The fourth-order valence-electron chi connectivity index (χ4n) is 3.45. The van der Waals surface area contributed by atoms with Crippen LogP contribution in [0, 0.1) is 13.8 Å². The highest BCUT2D eigenvalue weighted by atomic mass is 16.2. The van der Waals surface area contributed by atoms with Gasteiger partial charge in [0.1, 0.15) is 5.82 Å². The van der Waals surface area contributed by atoms with E-state index in [4.69, 9.17) is 0 Å². The third kappa shape index (κ3) is 5.01. The number of hydrogen-bond acceptors (Lipinski definition) is 6. The molecule has 0 bridgehead atoms. The predicted molar refractivity (Wildman–Crippen MR) is 106 cm³/mol. The summed E-state index contributed by atoms with van der Waals surface area (Å²) in [5, 5.41) is 3.17. The number of piperidine rings is 1. The Bertz CT molecular complexity index is 769. The molecule has 0 saturated carbocycles. The van der Waals surface area contributed by atoms with Crippen LogP contribution in [0.3, 0.4) is 0 Å². The molecule has 1 saturated heterocycles. The molecule has 7 nitrogen and oxygen atoms in total. The molecule has 7 heteroatoms. The summed E-state index contributed by atoms with van der Waals surface area (Å²) in [5.74, 6) is 1.42. The van der Waals surface area contributed by atoms with E-state index in [1.165, 1.54) is 6.42 Å². The van der Waals surface area contributed by atoms with Crippen LogP contribution in [-0.4, -0.2) is 57.8 Å². The van der Waals surface area contributed by atoms with Gasteiger partial charge in [0.15, 0.2) is 0 Å². The van der Waals surface area contributed by atoms with Crippen molar-refractivity contribution in [1.82, 2.24) is 24.8 Å². The van der Waals surface area contributed by atoms with Crippen molar-refractivity contribution in [3.63, 3.8) is 0 Å². The zero-order valence-electron chi connectivity index (χ0n) is 16.6. The molecule has 1 aliphatic heterocycles. The standard InChI is InChI=1S/C20H28N6O/c1-14-11-15(2)23-20(22-14)24-18-9-8-16(12-21-18)17-7-5-6-10-26(17)13-19(27)25(3)4/h8-9,11-12,17H,5-7,10,13H2,1-4H3,(H,21,22,23,24). The van der Waals surface area contributed by atoms with E-state index < -0.39 is 0 Å². The smallest absolute Gasteiger partial charge is 0.236 e. The molecule has 0 aliphatic carbocycles. The molecule has 144 valence electrons. The van der Waals surface area contributed by atoms with E-state index in [9.17, 15) is 4.79 Å². The maximum atomic E-state index is 12.1. The molecule has 1 amide bonds. The van der Waals surface area contributed by atoms with Crippen LogP contribution in [0.5, 0.6) is 0 Å². The molecule has 0 spiro atoms. The van der Waals surface area contributed by atoms with Gasteiger partial charge >= 0.3 is 0 Å². The highest BCUT2D eigenvalue weighted by molar-refractivity contribution is 5.77. The van der Waals surface area contributed by atoms with E-state index in [0.717, 1.165) is 42.2 Å². The van der Waals surface area contributed by atoms with Gasteiger partial charge < -0.3 is 10.2 Å². The monoisotopic (exact) mass is 368 g/mol. The molecule has 1 fully saturated rings. The number of likely N-dealkylation sites (N-methyl/N-ethyl adjacent to an activating group) is 1. The summed E-state index contributed by atoms with van der Waals surface area (Å²) in [6, 6.07) is 6.22. The molecule has 1 atom stereocenters. The second-order valence-corrected chi connectivity index (χ2v) is 7.35. The highest BCUT2D eigenvalue weighted by Gasteiger charge is 2.26. The van der Waals surface area contributed by atoms with Crippen LogP contribution in [-0.2, 0) is 4.79 Å². The van der Waals surface area contributed by atoms with E-state index >= 15 is 0 Å². The van der Waals surface area contributed by atoms with Crippen molar-refractivity contribution in [3.8, 4) is 0 Å². The average molecular weight is 368 g/mol. The van der Waals surface area contributed by atoms with Crippen molar-refractivity contribution in [2.75, 3.05) is 32.5 Å². The molecule has 1 unspecified atom stereocenters. The Hall–Kier alpha value is -2.54. The normalized spacial score (nSPS) is 17.6. The number of amides is 1. The fourth-order valence-corrected chi connectivity index (χ4v) is 3.45. The van der Waals surface area contributed by atoms with Crippen molar-refractivity contribution in [2.24, 2.45) is 0 Å². The summed E-state index contributed by atoms with van der Waals surface area (Å²) in [7, 11) is 3.61. The Morgan fingerprint density at radius 2 is 1.96 bits per heavy atom. The molecule has 3 heterocycles. The number of anilines is 2. The SMILES string of the molecule is Cc1cc(C)nc(Nc2ccc(C3CCCCN3CC(=O)N(C)C)cn2)n1. The third-order valence-electron chi connectivity index (χ3n) is 4.84. The average Bonchev–Trinajstić information content (AvgIpc) is 2.62. The summed E-state index contributed by atoms with van der Waals surface area (Å²) in [6.45, 7) is 5.29. The van der Waals surface area contributed by atoms with Gasteiger partial charge in [-0.05, 0) is 50.9 Å². The van der Waals surface area contributed by atoms with E-state index in [1.54, 1.807) is 19.0 Å². The summed E-state index contributed by atoms with van der Waals surface area (Å²) in [5.41, 5.74) is 2.99. The van der Waals surface area contributed by atoms with Gasteiger partial charge in [0.05, 0.1) is 6.54 Å². The number of hydrogen-bond donors (Lipinski definition) is 1. The van der Waals surface area contributed by atoms with Crippen LogP contribution in [0.15, 0.2) is 24.4 Å². The minimum Gasteiger partial charge on any atom is -0.348 e. The number of pyridine rings is 1. The molecule has 3 rings (SSSR count). The zero-order valence-corrected chi connectivity index (χ0v) is 16.6. The fraction of sp³-hybridized carbons (Fsp3) is 0.500. The molecule has 27 heavy (non-hydrogen) atoms. The molecule has 1 N–H and O–H groups in total. The van der Waals surface area contributed by atoms with Crippen molar-refractivity contribution < 1.29 is 4.79 Å². The van der Waals surface area contributed by atoms with Crippen LogP contribution in [0.2, 0.25) is 0 Å². The Morgan fingerprint density at radius 1 is 1.22 bits per heavy atom. The lowest BCUT2D eigenvalue weighted by molar-refractivity contribution is -0.130. The number of nitrogens with one attached hydrogen (secondary N) is 1. The second kappa shape index (κ2) is 8.43. The van der Waals surface area contributed by atoms with E-state index in [1.807, 2.05) is 32.2 Å². The van der Waals surface area contributed by atoms with E-state index in [0.29, 0.717) is 12.5 Å². The molecular weight excluding hydrogens is 340 g/mol. The number of aromatic nitrogens is 3. The van der Waals surface area contributed by atoms with Gasteiger partial charge in [0, 0.05) is 37.7 Å². The first kappa shape index (κ1) is 19.2. The van der Waals surface area contributed by atoms with Gasteiger partial charge in [-0.15, -0.1) is 0 Å². The Labute approximate surface area is 160 Å². The summed E-state index contributed by atoms with van der Waals surface area (Å²) >= 11 is 0. The van der Waals surface area contributed by atoms with Gasteiger partial charge in [0.25, 0.3) is 0 Å². The first-order valence-electron chi connectivity index (χ1n) is 9.42. The number of rotatable bonds is 5. The Kier molecular flexibility index (Phi) is 6.01. The van der Waals surface area contributed by atoms with Gasteiger partial charge in [-0.25, -0.2) is 15.0 Å². The van der Waals surface area contributed by atoms with Crippen LogP contribution in [0.1, 0.15) is 42.3 Å². The molecule has 2 aromatic rings. The number of aryl methyl sites for hydroxylation is 2. The van der Waals surface area contributed by atoms with Crippen LogP contribution < -0.4 is 5.32 Å². The maximum absolute atomic E-state index is 12.1. The largest absolute Gasteiger partial charge is 0.348 e. The Morgan fingerprint density at radius 3 is 2.59 bits per heavy atom.